The van der Waals surface area contributed by atoms with Crippen molar-refractivity contribution in [2.75, 3.05) is 20.8 Å². The summed E-state index contributed by atoms with van der Waals surface area (Å²) in [6.07, 6.45) is 0.524. The van der Waals surface area contributed by atoms with Crippen molar-refractivity contribution >= 4 is 10.0 Å². The molecular formula is C14H21NO5S. The number of hydrogen-bond acceptors (Lipinski definition) is 5. The van der Waals surface area contributed by atoms with Gasteiger partial charge in [0, 0.05) is 13.7 Å². The van der Waals surface area contributed by atoms with E-state index in [1.165, 1.54) is 17.5 Å². The number of rotatable bonds is 5. The Kier molecular flexibility index (Phi) is 4.88. The van der Waals surface area contributed by atoms with Gasteiger partial charge in [-0.2, -0.15) is 4.31 Å². The first-order valence-corrected chi connectivity index (χ1v) is 8.23. The van der Waals surface area contributed by atoms with Crippen molar-refractivity contribution in [3.05, 3.63) is 23.8 Å². The average molecular weight is 315 g/mol. The summed E-state index contributed by atoms with van der Waals surface area (Å²) < 4.78 is 37.6. The molecule has 1 aromatic rings. The first-order chi connectivity index (χ1) is 9.91. The number of nitrogens with zero attached hydrogens (tertiary/aromatic N) is 1. The van der Waals surface area contributed by atoms with Gasteiger partial charge in [0.25, 0.3) is 0 Å². The normalized spacial score (nSPS) is 22.7. The van der Waals surface area contributed by atoms with E-state index in [1.807, 2.05) is 6.92 Å². The van der Waals surface area contributed by atoms with E-state index in [-0.39, 0.29) is 29.4 Å². The van der Waals surface area contributed by atoms with Gasteiger partial charge in [-0.3, -0.25) is 0 Å². The number of sulfonamides is 1. The molecule has 1 fully saturated rings. The van der Waals surface area contributed by atoms with E-state index in [4.69, 9.17) is 9.47 Å². The molecule has 118 valence electrons. The Hall–Kier alpha value is -1.15. The highest BCUT2D eigenvalue weighted by atomic mass is 32.2. The molecular weight excluding hydrogens is 294 g/mol. The van der Waals surface area contributed by atoms with Crippen LogP contribution in [0.1, 0.15) is 18.9 Å². The third-order valence-electron chi connectivity index (χ3n) is 3.87. The molecule has 1 N–H and O–H groups in total. The zero-order valence-corrected chi connectivity index (χ0v) is 13.3. The molecule has 0 amide bonds. The van der Waals surface area contributed by atoms with Gasteiger partial charge in [-0.05, 0) is 31.0 Å². The number of aliphatic hydroxyl groups excluding tert-OH is 1. The van der Waals surface area contributed by atoms with Crippen LogP contribution in [0.15, 0.2) is 23.1 Å². The van der Waals surface area contributed by atoms with Crippen molar-refractivity contribution in [3.8, 4) is 5.75 Å². The molecule has 1 saturated heterocycles. The third-order valence-corrected chi connectivity index (χ3v) is 5.77. The number of likely N-dealkylation sites (N-methyl/N-ethyl adjacent to an activating group) is 1. The van der Waals surface area contributed by atoms with E-state index < -0.39 is 10.0 Å². The van der Waals surface area contributed by atoms with Gasteiger partial charge >= 0.3 is 0 Å². The molecule has 0 radical (unpaired) electrons. The minimum atomic E-state index is -3.71. The summed E-state index contributed by atoms with van der Waals surface area (Å²) in [7, 11) is -0.737. The minimum Gasteiger partial charge on any atom is -0.495 e. The van der Waals surface area contributed by atoms with Gasteiger partial charge in [0.15, 0.2) is 0 Å². The van der Waals surface area contributed by atoms with Crippen LogP contribution in [0.5, 0.6) is 5.75 Å². The molecule has 1 aliphatic heterocycles. The molecule has 1 aliphatic rings. The predicted octanol–water partition coefficient (Wildman–Crippen LogP) is 0.985. The van der Waals surface area contributed by atoms with Crippen LogP contribution in [0.2, 0.25) is 0 Å². The van der Waals surface area contributed by atoms with Crippen LogP contribution in [0.3, 0.4) is 0 Å². The lowest BCUT2D eigenvalue weighted by molar-refractivity contribution is 0.102. The summed E-state index contributed by atoms with van der Waals surface area (Å²) in [4.78, 5) is 0.0677. The van der Waals surface area contributed by atoms with Crippen LogP contribution >= 0.6 is 0 Å². The molecule has 0 aliphatic carbocycles. The molecule has 1 heterocycles. The van der Waals surface area contributed by atoms with Crippen LogP contribution in [-0.4, -0.2) is 50.7 Å². The lowest BCUT2D eigenvalue weighted by Crippen LogP contribution is -2.41. The summed E-state index contributed by atoms with van der Waals surface area (Å²) in [5, 5.41) is 9.21. The van der Waals surface area contributed by atoms with Crippen LogP contribution in [0.4, 0.5) is 0 Å². The van der Waals surface area contributed by atoms with Gasteiger partial charge < -0.3 is 14.6 Å². The standard InChI is InChI=1S/C14H21NO5S/c1-10-12(6-7-20-10)15(2)21(17,18)14-8-11(9-16)4-5-13(14)19-3/h4-5,8,10,12,16H,6-7,9H2,1-3H3. The van der Waals surface area contributed by atoms with E-state index in [1.54, 1.807) is 19.2 Å². The molecule has 21 heavy (non-hydrogen) atoms. The summed E-state index contributed by atoms with van der Waals surface area (Å²) in [6.45, 7) is 2.20. The molecule has 7 heteroatoms. The first kappa shape index (κ1) is 16.2. The van der Waals surface area contributed by atoms with Gasteiger partial charge in [-0.1, -0.05) is 6.07 Å². The van der Waals surface area contributed by atoms with E-state index in [2.05, 4.69) is 0 Å². The molecule has 0 spiro atoms. The summed E-state index contributed by atoms with van der Waals surface area (Å²) >= 11 is 0. The highest BCUT2D eigenvalue weighted by Crippen LogP contribution is 2.31. The predicted molar refractivity (Wildman–Crippen MR) is 77.7 cm³/mol. The van der Waals surface area contributed by atoms with Gasteiger partial charge in [-0.15, -0.1) is 0 Å². The maximum absolute atomic E-state index is 12.8. The maximum Gasteiger partial charge on any atom is 0.246 e. The Morgan fingerprint density at radius 3 is 2.71 bits per heavy atom. The van der Waals surface area contributed by atoms with Crippen LogP contribution in [0, 0.1) is 0 Å². The second-order valence-electron chi connectivity index (χ2n) is 5.10. The Morgan fingerprint density at radius 2 is 2.19 bits per heavy atom. The Bertz CT molecular complexity index is 601. The topological polar surface area (TPSA) is 76.1 Å². The van der Waals surface area contributed by atoms with Crippen molar-refractivity contribution < 1.29 is 23.0 Å². The molecule has 2 rings (SSSR count). The first-order valence-electron chi connectivity index (χ1n) is 6.79. The Labute approximate surface area is 125 Å². The van der Waals surface area contributed by atoms with E-state index in [0.717, 1.165) is 0 Å². The van der Waals surface area contributed by atoms with Crippen molar-refractivity contribution in [2.24, 2.45) is 0 Å². The van der Waals surface area contributed by atoms with Gasteiger partial charge in [0.2, 0.25) is 10.0 Å². The van der Waals surface area contributed by atoms with Crippen molar-refractivity contribution in [3.63, 3.8) is 0 Å². The number of ether oxygens (including phenoxy) is 2. The fourth-order valence-corrected chi connectivity index (χ4v) is 4.20. The zero-order valence-electron chi connectivity index (χ0n) is 12.4. The van der Waals surface area contributed by atoms with Gasteiger partial charge in [0.1, 0.15) is 10.6 Å². The second-order valence-corrected chi connectivity index (χ2v) is 7.06. The smallest absolute Gasteiger partial charge is 0.246 e. The summed E-state index contributed by atoms with van der Waals surface area (Å²) in [5.74, 6) is 0.269. The highest BCUT2D eigenvalue weighted by Gasteiger charge is 2.36. The quantitative estimate of drug-likeness (QED) is 0.877. The zero-order chi connectivity index (χ0) is 15.6. The Balaban J connectivity index is 2.43. The van der Waals surface area contributed by atoms with Crippen LogP contribution in [0.25, 0.3) is 0 Å². The molecule has 6 nitrogen and oxygen atoms in total. The number of hydrogen-bond donors (Lipinski definition) is 1. The van der Waals surface area contributed by atoms with E-state index >= 15 is 0 Å². The number of benzene rings is 1. The van der Waals surface area contributed by atoms with Crippen molar-refractivity contribution in [1.29, 1.82) is 0 Å². The maximum atomic E-state index is 12.8. The largest absolute Gasteiger partial charge is 0.495 e. The van der Waals surface area contributed by atoms with Crippen LogP contribution < -0.4 is 4.74 Å². The third kappa shape index (κ3) is 3.06. The molecule has 2 unspecified atom stereocenters. The fourth-order valence-electron chi connectivity index (χ4n) is 2.55. The van der Waals surface area contributed by atoms with Gasteiger partial charge in [0.05, 0.1) is 25.9 Å². The number of methoxy groups -OCH3 is 1. The molecule has 0 aromatic heterocycles. The lowest BCUT2D eigenvalue weighted by Gasteiger charge is -2.26. The second kappa shape index (κ2) is 6.31. The average Bonchev–Trinajstić information content (AvgIpc) is 2.91. The van der Waals surface area contributed by atoms with Crippen molar-refractivity contribution in [1.82, 2.24) is 4.31 Å². The van der Waals surface area contributed by atoms with Crippen molar-refractivity contribution in [2.45, 2.75) is 37.0 Å². The Morgan fingerprint density at radius 1 is 1.48 bits per heavy atom. The summed E-state index contributed by atoms with van der Waals surface area (Å²) in [5.41, 5.74) is 0.526. The SMILES string of the molecule is COc1ccc(CO)cc1S(=O)(=O)N(C)C1CCOC1C. The summed E-state index contributed by atoms with van der Waals surface area (Å²) in [6, 6.07) is 4.45. The minimum absolute atomic E-state index is 0.0677. The number of aliphatic hydroxyl groups is 1. The monoisotopic (exact) mass is 315 g/mol. The molecule has 0 bridgehead atoms. The van der Waals surface area contributed by atoms with Gasteiger partial charge in [-0.25, -0.2) is 8.42 Å². The molecule has 0 saturated carbocycles. The van der Waals surface area contributed by atoms with E-state index in [0.29, 0.717) is 18.6 Å². The van der Waals surface area contributed by atoms with E-state index in [9.17, 15) is 13.5 Å². The lowest BCUT2D eigenvalue weighted by atomic mass is 10.2. The molecule has 1 aromatic carbocycles. The fraction of sp³-hybridized carbons (Fsp3) is 0.571. The highest BCUT2D eigenvalue weighted by molar-refractivity contribution is 7.89. The van der Waals surface area contributed by atoms with Crippen LogP contribution in [-0.2, 0) is 21.4 Å². The molecule has 2 atom stereocenters.